The van der Waals surface area contributed by atoms with Gasteiger partial charge in [-0.05, 0) is 26.0 Å². The molecule has 7 nitrogen and oxygen atoms in total. The standard InChI is InChI=1S/C14H12ClF3N4O3/c1-7-13(22(24)25)8(2)21(20-7)6-11(23)19-12-9(14(16,17)18)4-3-5-10(12)15/h3-5H,6H2,1-2H3,(H,19,23). The number of nitrogens with one attached hydrogen (secondary N) is 1. The molecular formula is C14H12ClF3N4O3. The van der Waals surface area contributed by atoms with Crippen LogP contribution >= 0.6 is 11.6 Å². The van der Waals surface area contributed by atoms with Crippen LogP contribution in [0.15, 0.2) is 18.2 Å². The molecule has 1 N–H and O–H groups in total. The minimum atomic E-state index is -4.70. The van der Waals surface area contributed by atoms with Crippen LogP contribution in [0.2, 0.25) is 5.02 Å². The lowest BCUT2D eigenvalue weighted by Crippen LogP contribution is -2.22. The minimum absolute atomic E-state index is 0.101. The number of benzene rings is 1. The normalized spacial score (nSPS) is 11.4. The zero-order valence-electron chi connectivity index (χ0n) is 13.0. The van der Waals surface area contributed by atoms with Gasteiger partial charge in [0, 0.05) is 0 Å². The van der Waals surface area contributed by atoms with Crippen molar-refractivity contribution in [2.45, 2.75) is 26.6 Å². The number of nitrogens with zero attached hydrogens (tertiary/aromatic N) is 3. The molecule has 0 aliphatic carbocycles. The van der Waals surface area contributed by atoms with Gasteiger partial charge in [-0.1, -0.05) is 17.7 Å². The van der Waals surface area contributed by atoms with E-state index in [0.29, 0.717) is 0 Å². The molecule has 0 bridgehead atoms. The van der Waals surface area contributed by atoms with Crippen LogP contribution in [0.4, 0.5) is 24.5 Å². The molecule has 11 heteroatoms. The number of alkyl halides is 3. The number of hydrogen-bond donors (Lipinski definition) is 1. The zero-order valence-corrected chi connectivity index (χ0v) is 13.8. The Kier molecular flexibility index (Phi) is 5.02. The third-order valence-electron chi connectivity index (χ3n) is 3.40. The summed E-state index contributed by atoms with van der Waals surface area (Å²) in [6.45, 7) is 2.29. The van der Waals surface area contributed by atoms with Gasteiger partial charge >= 0.3 is 11.9 Å². The van der Waals surface area contributed by atoms with Crippen LogP contribution in [-0.4, -0.2) is 20.6 Å². The SMILES string of the molecule is Cc1nn(CC(=O)Nc2c(Cl)cccc2C(F)(F)F)c(C)c1[N+](=O)[O-]. The van der Waals surface area contributed by atoms with E-state index in [1.54, 1.807) is 0 Å². The van der Waals surface area contributed by atoms with Gasteiger partial charge in [0.05, 0.1) is 21.2 Å². The fourth-order valence-electron chi connectivity index (χ4n) is 2.31. The topological polar surface area (TPSA) is 90.1 Å². The predicted molar refractivity (Wildman–Crippen MR) is 83.4 cm³/mol. The quantitative estimate of drug-likeness (QED) is 0.650. The van der Waals surface area contributed by atoms with E-state index in [1.807, 2.05) is 0 Å². The van der Waals surface area contributed by atoms with Crippen molar-refractivity contribution in [2.75, 3.05) is 5.32 Å². The molecule has 2 aromatic rings. The highest BCUT2D eigenvalue weighted by atomic mass is 35.5. The lowest BCUT2D eigenvalue weighted by molar-refractivity contribution is -0.386. The Morgan fingerprint density at radius 3 is 2.56 bits per heavy atom. The van der Waals surface area contributed by atoms with Crippen LogP contribution in [-0.2, 0) is 17.5 Å². The van der Waals surface area contributed by atoms with Crippen molar-refractivity contribution >= 4 is 28.9 Å². The van der Waals surface area contributed by atoms with Crippen molar-refractivity contribution in [3.63, 3.8) is 0 Å². The second kappa shape index (κ2) is 6.71. The highest BCUT2D eigenvalue weighted by Crippen LogP contribution is 2.38. The van der Waals surface area contributed by atoms with E-state index in [-0.39, 0.29) is 22.1 Å². The summed E-state index contributed by atoms with van der Waals surface area (Å²) < 4.78 is 40.1. The lowest BCUT2D eigenvalue weighted by Gasteiger charge is -2.15. The first-order valence-electron chi connectivity index (χ1n) is 6.86. The second-order valence-corrected chi connectivity index (χ2v) is 5.55. The molecule has 134 valence electrons. The summed E-state index contributed by atoms with van der Waals surface area (Å²) in [5.41, 5.74) is -1.69. The van der Waals surface area contributed by atoms with Crippen molar-refractivity contribution in [1.82, 2.24) is 9.78 Å². The van der Waals surface area contributed by atoms with Gasteiger partial charge in [-0.25, -0.2) is 0 Å². The molecule has 1 heterocycles. The van der Waals surface area contributed by atoms with Crippen LogP contribution in [0.3, 0.4) is 0 Å². The maximum absolute atomic E-state index is 13.0. The number of aryl methyl sites for hydroxylation is 1. The summed E-state index contributed by atoms with van der Waals surface area (Å²) in [7, 11) is 0. The van der Waals surface area contributed by atoms with E-state index in [2.05, 4.69) is 10.4 Å². The highest BCUT2D eigenvalue weighted by molar-refractivity contribution is 6.34. The number of carbonyl (C=O) groups is 1. The third-order valence-corrected chi connectivity index (χ3v) is 3.72. The minimum Gasteiger partial charge on any atom is -0.323 e. The van der Waals surface area contributed by atoms with E-state index < -0.39 is 34.8 Å². The molecule has 1 aromatic heterocycles. The number of hydrogen-bond acceptors (Lipinski definition) is 4. The maximum atomic E-state index is 13.0. The summed E-state index contributed by atoms with van der Waals surface area (Å²) in [5, 5.41) is 16.6. The number of amides is 1. The molecule has 0 spiro atoms. The van der Waals surface area contributed by atoms with Gasteiger partial charge in [-0.3, -0.25) is 19.6 Å². The Morgan fingerprint density at radius 1 is 1.40 bits per heavy atom. The van der Waals surface area contributed by atoms with Gasteiger partial charge in [0.15, 0.2) is 0 Å². The molecule has 0 saturated carbocycles. The van der Waals surface area contributed by atoms with Crippen molar-refractivity contribution in [2.24, 2.45) is 0 Å². The van der Waals surface area contributed by atoms with Gasteiger partial charge in [0.25, 0.3) is 0 Å². The first-order valence-corrected chi connectivity index (χ1v) is 7.24. The molecule has 25 heavy (non-hydrogen) atoms. The summed E-state index contributed by atoms with van der Waals surface area (Å²) in [4.78, 5) is 22.4. The molecule has 0 radical (unpaired) electrons. The molecule has 2 rings (SSSR count). The molecule has 0 fully saturated rings. The van der Waals surface area contributed by atoms with Crippen molar-refractivity contribution < 1.29 is 22.9 Å². The van der Waals surface area contributed by atoms with E-state index in [1.165, 1.54) is 19.9 Å². The van der Waals surface area contributed by atoms with Gasteiger partial charge in [0.1, 0.15) is 17.9 Å². The molecule has 1 aromatic carbocycles. The number of anilines is 1. The summed E-state index contributed by atoms with van der Waals surface area (Å²) in [5.74, 6) is -0.848. The lowest BCUT2D eigenvalue weighted by atomic mass is 10.1. The monoisotopic (exact) mass is 376 g/mol. The van der Waals surface area contributed by atoms with E-state index in [0.717, 1.165) is 16.8 Å². The summed E-state index contributed by atoms with van der Waals surface area (Å²) in [6.07, 6.45) is -4.70. The molecular weight excluding hydrogens is 365 g/mol. The molecule has 0 unspecified atom stereocenters. The maximum Gasteiger partial charge on any atom is 0.418 e. The number of halogens is 4. The number of aromatic nitrogens is 2. The zero-order chi connectivity index (χ0) is 18.9. The number of para-hydroxylation sites is 1. The van der Waals surface area contributed by atoms with Gasteiger partial charge < -0.3 is 5.32 Å². The van der Waals surface area contributed by atoms with Gasteiger partial charge in [-0.15, -0.1) is 0 Å². The number of rotatable bonds is 4. The molecule has 0 aliphatic heterocycles. The fraction of sp³-hybridized carbons (Fsp3) is 0.286. The average Bonchev–Trinajstić information content (AvgIpc) is 2.74. The molecule has 0 aliphatic rings. The molecule has 1 amide bonds. The molecule has 0 saturated heterocycles. The van der Waals surface area contributed by atoms with Gasteiger partial charge in [0.2, 0.25) is 5.91 Å². The largest absolute Gasteiger partial charge is 0.418 e. The predicted octanol–water partition coefficient (Wildman–Crippen LogP) is 3.72. The Balaban J connectivity index is 2.28. The smallest absolute Gasteiger partial charge is 0.323 e. The first-order chi connectivity index (χ1) is 11.5. The fourth-order valence-corrected chi connectivity index (χ4v) is 2.53. The Morgan fingerprint density at radius 2 is 2.04 bits per heavy atom. The Bertz CT molecular complexity index is 849. The Labute approximate surface area is 144 Å². The van der Waals surface area contributed by atoms with Crippen LogP contribution in [0.25, 0.3) is 0 Å². The van der Waals surface area contributed by atoms with Crippen LogP contribution in [0.5, 0.6) is 0 Å². The van der Waals surface area contributed by atoms with Crippen LogP contribution in [0.1, 0.15) is 17.0 Å². The Hall–Kier alpha value is -2.62. The molecule has 0 atom stereocenters. The van der Waals surface area contributed by atoms with E-state index in [9.17, 15) is 28.1 Å². The van der Waals surface area contributed by atoms with Gasteiger partial charge in [-0.2, -0.15) is 18.3 Å². The summed E-state index contributed by atoms with van der Waals surface area (Å²) in [6, 6.07) is 3.11. The highest BCUT2D eigenvalue weighted by Gasteiger charge is 2.35. The number of nitro groups is 1. The van der Waals surface area contributed by atoms with Crippen molar-refractivity contribution in [1.29, 1.82) is 0 Å². The van der Waals surface area contributed by atoms with E-state index >= 15 is 0 Å². The number of carbonyl (C=O) groups excluding carboxylic acids is 1. The first kappa shape index (κ1) is 18.7. The van der Waals surface area contributed by atoms with Crippen molar-refractivity contribution in [3.05, 3.63) is 50.3 Å². The van der Waals surface area contributed by atoms with Crippen LogP contribution < -0.4 is 5.32 Å². The van der Waals surface area contributed by atoms with Crippen LogP contribution in [0, 0.1) is 24.0 Å². The van der Waals surface area contributed by atoms with Crippen molar-refractivity contribution in [3.8, 4) is 0 Å². The third kappa shape index (κ3) is 3.90. The average molecular weight is 377 g/mol. The van der Waals surface area contributed by atoms with E-state index in [4.69, 9.17) is 11.6 Å². The second-order valence-electron chi connectivity index (χ2n) is 5.14. The summed E-state index contributed by atoms with van der Waals surface area (Å²) >= 11 is 5.76.